The minimum atomic E-state index is -1.18. The van der Waals surface area contributed by atoms with Crippen molar-refractivity contribution in [3.8, 4) is 0 Å². The standard InChI is InChI=1S/C17H20N4O3/c1-19-4-6-20(7-5-19)15-8-14-12(9-18-15)16(22)13(17(23)24)10-21(14)11-2-3-11/h8-11H,2-7H2,1H3,(H,23,24). The predicted molar refractivity (Wildman–Crippen MR) is 90.9 cm³/mol. The SMILES string of the molecule is CN1CCN(c2cc3c(cn2)c(=O)c(C(=O)O)cn3C2CC2)CC1. The lowest BCUT2D eigenvalue weighted by atomic mass is 10.1. The Morgan fingerprint density at radius 3 is 2.58 bits per heavy atom. The first kappa shape index (κ1) is 15.1. The summed E-state index contributed by atoms with van der Waals surface area (Å²) in [7, 11) is 2.10. The number of hydrogen-bond donors (Lipinski definition) is 1. The van der Waals surface area contributed by atoms with Crippen LogP contribution in [0.15, 0.2) is 23.3 Å². The summed E-state index contributed by atoms with van der Waals surface area (Å²) in [6.07, 6.45) is 5.07. The van der Waals surface area contributed by atoms with Crippen molar-refractivity contribution in [1.82, 2.24) is 14.5 Å². The molecular formula is C17H20N4O3. The Morgan fingerprint density at radius 2 is 1.96 bits per heavy atom. The zero-order valence-corrected chi connectivity index (χ0v) is 13.6. The number of anilines is 1. The maximum Gasteiger partial charge on any atom is 0.341 e. The molecule has 7 heteroatoms. The van der Waals surface area contributed by atoms with E-state index in [0.717, 1.165) is 50.4 Å². The smallest absolute Gasteiger partial charge is 0.341 e. The molecule has 1 aliphatic heterocycles. The number of carboxylic acids is 1. The van der Waals surface area contributed by atoms with Gasteiger partial charge in [0, 0.05) is 50.7 Å². The molecule has 2 aromatic heterocycles. The van der Waals surface area contributed by atoms with Crippen molar-refractivity contribution >= 4 is 22.7 Å². The summed E-state index contributed by atoms with van der Waals surface area (Å²) in [6.45, 7) is 3.76. The Bertz CT molecular complexity index is 864. The fourth-order valence-corrected chi connectivity index (χ4v) is 3.25. The molecule has 0 atom stereocenters. The highest BCUT2D eigenvalue weighted by Gasteiger charge is 2.27. The lowest BCUT2D eigenvalue weighted by Crippen LogP contribution is -2.44. The van der Waals surface area contributed by atoms with Gasteiger partial charge in [0.15, 0.2) is 0 Å². The molecule has 0 radical (unpaired) electrons. The lowest BCUT2D eigenvalue weighted by Gasteiger charge is -2.33. The van der Waals surface area contributed by atoms with E-state index in [4.69, 9.17) is 0 Å². The van der Waals surface area contributed by atoms with Gasteiger partial charge in [-0.1, -0.05) is 0 Å². The van der Waals surface area contributed by atoms with E-state index in [2.05, 4.69) is 21.8 Å². The summed E-state index contributed by atoms with van der Waals surface area (Å²) in [5.74, 6) is -0.327. The van der Waals surface area contributed by atoms with Crippen molar-refractivity contribution in [2.45, 2.75) is 18.9 Å². The van der Waals surface area contributed by atoms with Crippen LogP contribution in [0.4, 0.5) is 5.82 Å². The molecule has 2 aromatic rings. The van der Waals surface area contributed by atoms with Gasteiger partial charge in [-0.15, -0.1) is 0 Å². The number of aromatic nitrogens is 2. The molecule has 126 valence electrons. The zero-order chi connectivity index (χ0) is 16.8. The van der Waals surface area contributed by atoms with Gasteiger partial charge in [0.05, 0.1) is 10.9 Å². The molecule has 1 aliphatic carbocycles. The number of fused-ring (bicyclic) bond motifs is 1. The number of aromatic carboxylic acids is 1. The van der Waals surface area contributed by atoms with E-state index in [1.165, 1.54) is 12.4 Å². The number of carbonyl (C=O) groups is 1. The van der Waals surface area contributed by atoms with E-state index in [9.17, 15) is 14.7 Å². The maximum absolute atomic E-state index is 12.4. The van der Waals surface area contributed by atoms with Gasteiger partial charge in [0.25, 0.3) is 0 Å². The van der Waals surface area contributed by atoms with Crippen LogP contribution >= 0.6 is 0 Å². The van der Waals surface area contributed by atoms with Crippen molar-refractivity contribution in [3.63, 3.8) is 0 Å². The fourth-order valence-electron chi connectivity index (χ4n) is 3.25. The molecule has 7 nitrogen and oxygen atoms in total. The quantitative estimate of drug-likeness (QED) is 0.911. The first-order valence-electron chi connectivity index (χ1n) is 8.26. The van der Waals surface area contributed by atoms with Crippen molar-refractivity contribution in [3.05, 3.63) is 34.2 Å². The topological polar surface area (TPSA) is 78.7 Å². The van der Waals surface area contributed by atoms with E-state index in [1.807, 2.05) is 10.6 Å². The average Bonchev–Trinajstić information content (AvgIpc) is 3.40. The van der Waals surface area contributed by atoms with E-state index in [1.54, 1.807) is 0 Å². The minimum absolute atomic E-state index is 0.177. The van der Waals surface area contributed by atoms with Crippen LogP contribution in [0.5, 0.6) is 0 Å². The Hall–Kier alpha value is -2.41. The molecule has 0 amide bonds. The van der Waals surface area contributed by atoms with Crippen LogP contribution in [0.1, 0.15) is 29.2 Å². The third kappa shape index (κ3) is 2.54. The largest absolute Gasteiger partial charge is 0.477 e. The normalized spacial score (nSPS) is 19.0. The van der Waals surface area contributed by atoms with Gasteiger partial charge in [0.2, 0.25) is 5.43 Å². The highest BCUT2D eigenvalue weighted by molar-refractivity contribution is 5.93. The van der Waals surface area contributed by atoms with E-state index in [-0.39, 0.29) is 11.6 Å². The predicted octanol–water partition coefficient (Wildman–Crippen LogP) is 1.18. The van der Waals surface area contributed by atoms with Crippen molar-refractivity contribution in [2.75, 3.05) is 38.1 Å². The lowest BCUT2D eigenvalue weighted by molar-refractivity contribution is 0.0695. The second kappa shape index (κ2) is 5.59. The number of likely N-dealkylation sites (N-methyl/N-ethyl adjacent to an activating group) is 1. The van der Waals surface area contributed by atoms with E-state index >= 15 is 0 Å². The number of hydrogen-bond acceptors (Lipinski definition) is 5. The first-order chi connectivity index (χ1) is 11.5. The second-order valence-corrected chi connectivity index (χ2v) is 6.67. The van der Waals surface area contributed by atoms with Crippen LogP contribution in [0.2, 0.25) is 0 Å². The summed E-state index contributed by atoms with van der Waals surface area (Å²) >= 11 is 0. The van der Waals surface area contributed by atoms with Crippen LogP contribution in [-0.2, 0) is 0 Å². The monoisotopic (exact) mass is 328 g/mol. The average molecular weight is 328 g/mol. The van der Waals surface area contributed by atoms with E-state index in [0.29, 0.717) is 5.39 Å². The Morgan fingerprint density at radius 1 is 1.25 bits per heavy atom. The molecule has 0 unspecified atom stereocenters. The van der Waals surface area contributed by atoms with Crippen LogP contribution in [0.25, 0.3) is 10.9 Å². The molecule has 4 rings (SSSR count). The maximum atomic E-state index is 12.4. The number of pyridine rings is 2. The molecule has 2 fully saturated rings. The van der Waals surface area contributed by atoms with Crippen LogP contribution < -0.4 is 10.3 Å². The van der Waals surface area contributed by atoms with Gasteiger partial charge in [-0.05, 0) is 19.9 Å². The highest BCUT2D eigenvalue weighted by Crippen LogP contribution is 2.37. The van der Waals surface area contributed by atoms with Gasteiger partial charge >= 0.3 is 5.97 Å². The molecule has 0 spiro atoms. The molecule has 1 saturated heterocycles. The van der Waals surface area contributed by atoms with Crippen molar-refractivity contribution < 1.29 is 9.90 Å². The molecule has 2 aliphatic rings. The summed E-state index contributed by atoms with van der Waals surface area (Å²) in [5, 5.41) is 9.68. The molecule has 1 N–H and O–H groups in total. The van der Waals surface area contributed by atoms with Gasteiger partial charge in [-0.3, -0.25) is 4.79 Å². The number of nitrogens with zero attached hydrogens (tertiary/aromatic N) is 4. The Kier molecular flexibility index (Phi) is 3.53. The molecule has 24 heavy (non-hydrogen) atoms. The Labute approximate surface area is 139 Å². The molecule has 1 saturated carbocycles. The molecule has 0 aromatic carbocycles. The summed E-state index contributed by atoms with van der Waals surface area (Å²) < 4.78 is 1.95. The highest BCUT2D eigenvalue weighted by atomic mass is 16.4. The number of carboxylic acid groups (broad SMARTS) is 1. The number of piperazine rings is 1. The zero-order valence-electron chi connectivity index (χ0n) is 13.6. The Balaban J connectivity index is 1.84. The second-order valence-electron chi connectivity index (χ2n) is 6.67. The molecule has 0 bridgehead atoms. The summed E-state index contributed by atoms with van der Waals surface area (Å²) in [6, 6.07) is 2.22. The van der Waals surface area contributed by atoms with Crippen molar-refractivity contribution in [2.24, 2.45) is 0 Å². The van der Waals surface area contributed by atoms with Crippen LogP contribution in [0.3, 0.4) is 0 Å². The number of rotatable bonds is 3. The minimum Gasteiger partial charge on any atom is -0.477 e. The van der Waals surface area contributed by atoms with E-state index < -0.39 is 11.4 Å². The molecule has 3 heterocycles. The van der Waals surface area contributed by atoms with Gasteiger partial charge in [0.1, 0.15) is 11.4 Å². The van der Waals surface area contributed by atoms with Crippen LogP contribution in [-0.4, -0.2) is 58.8 Å². The van der Waals surface area contributed by atoms with Gasteiger partial charge in [-0.25, -0.2) is 9.78 Å². The fraction of sp³-hybridized carbons (Fsp3) is 0.471. The van der Waals surface area contributed by atoms with Gasteiger partial charge in [-0.2, -0.15) is 0 Å². The third-order valence-corrected chi connectivity index (χ3v) is 4.90. The van der Waals surface area contributed by atoms with Crippen molar-refractivity contribution in [1.29, 1.82) is 0 Å². The van der Waals surface area contributed by atoms with Crippen LogP contribution in [0, 0.1) is 0 Å². The first-order valence-corrected chi connectivity index (χ1v) is 8.26. The summed E-state index contributed by atoms with van der Waals surface area (Å²) in [5.41, 5.74) is 0.159. The van der Waals surface area contributed by atoms with Gasteiger partial charge < -0.3 is 19.5 Å². The molecular weight excluding hydrogens is 308 g/mol. The third-order valence-electron chi connectivity index (χ3n) is 4.90. The summed E-state index contributed by atoms with van der Waals surface area (Å²) in [4.78, 5) is 32.7.